The molecule has 0 spiro atoms. The van der Waals surface area contributed by atoms with Gasteiger partial charge in [-0.15, -0.1) is 12.4 Å². The zero-order valence-corrected chi connectivity index (χ0v) is 15.7. The minimum absolute atomic E-state index is 0. The highest BCUT2D eigenvalue weighted by Gasteiger charge is 2.16. The van der Waals surface area contributed by atoms with Crippen molar-refractivity contribution in [2.75, 3.05) is 0 Å². The largest absolute Gasteiger partial charge is 0.480 e. The molecule has 25 heavy (non-hydrogen) atoms. The van der Waals surface area contributed by atoms with Gasteiger partial charge in [0.2, 0.25) is 0 Å². The number of nitrogens with zero attached hydrogens (tertiary/aromatic N) is 1. The van der Waals surface area contributed by atoms with Crippen LogP contribution in [0.25, 0.3) is 10.9 Å². The molecule has 1 fully saturated rings. The third kappa shape index (κ3) is 5.23. The second-order valence-corrected chi connectivity index (χ2v) is 7.21. The van der Waals surface area contributed by atoms with Gasteiger partial charge in [-0.1, -0.05) is 50.3 Å². The standard InChI is InChI=1S/C20H28N2O2.ClH/c1-15(12-16-6-3-2-4-7-16)21-13-18-9-5-8-17-10-11-22(20(17)18)14-19(23)24;/h5,8-11,15-16,21H,2-4,6-7,12-14H2,1H3,(H,23,24);1H. The Morgan fingerprint density at radius 3 is 2.76 bits per heavy atom. The number of halogens is 1. The Morgan fingerprint density at radius 1 is 1.28 bits per heavy atom. The number of carbonyl (C=O) groups is 1. The lowest BCUT2D eigenvalue weighted by Crippen LogP contribution is -2.28. The SMILES string of the molecule is CC(CC1CCCCC1)NCc1cccc2ccn(CC(=O)O)c12.Cl. The minimum atomic E-state index is -0.805. The molecule has 1 aromatic carbocycles. The van der Waals surface area contributed by atoms with Gasteiger partial charge in [-0.2, -0.15) is 0 Å². The number of aliphatic carboxylic acids is 1. The van der Waals surface area contributed by atoms with E-state index in [4.69, 9.17) is 5.11 Å². The fourth-order valence-corrected chi connectivity index (χ4v) is 4.05. The molecule has 0 aliphatic heterocycles. The minimum Gasteiger partial charge on any atom is -0.480 e. The van der Waals surface area contributed by atoms with E-state index in [1.165, 1.54) is 44.1 Å². The predicted molar refractivity (Wildman–Crippen MR) is 104 cm³/mol. The van der Waals surface area contributed by atoms with Crippen molar-refractivity contribution in [1.29, 1.82) is 0 Å². The van der Waals surface area contributed by atoms with Crippen LogP contribution in [0.2, 0.25) is 0 Å². The number of hydrogen-bond donors (Lipinski definition) is 2. The van der Waals surface area contributed by atoms with E-state index in [0.717, 1.165) is 23.4 Å². The summed E-state index contributed by atoms with van der Waals surface area (Å²) in [6.45, 7) is 3.07. The van der Waals surface area contributed by atoms with Crippen LogP contribution in [0, 0.1) is 5.92 Å². The molecule has 0 radical (unpaired) electrons. The Kier molecular flexibility index (Phi) is 7.33. The van der Waals surface area contributed by atoms with Gasteiger partial charge < -0.3 is 15.0 Å². The predicted octanol–water partition coefficient (Wildman–Crippen LogP) is 4.60. The van der Waals surface area contributed by atoms with E-state index in [1.807, 2.05) is 22.9 Å². The van der Waals surface area contributed by atoms with Crippen molar-refractivity contribution in [3.63, 3.8) is 0 Å². The average molecular weight is 365 g/mol. The van der Waals surface area contributed by atoms with Crippen LogP contribution in [0.4, 0.5) is 0 Å². The molecule has 1 aliphatic carbocycles. The highest BCUT2D eigenvalue weighted by Crippen LogP contribution is 2.27. The summed E-state index contributed by atoms with van der Waals surface area (Å²) in [4.78, 5) is 11.1. The molecule has 0 saturated heterocycles. The number of hydrogen-bond acceptors (Lipinski definition) is 2. The van der Waals surface area contributed by atoms with Crippen LogP contribution in [0.3, 0.4) is 0 Å². The summed E-state index contributed by atoms with van der Waals surface area (Å²) >= 11 is 0. The Balaban J connectivity index is 0.00000225. The Morgan fingerprint density at radius 2 is 2.04 bits per heavy atom. The second-order valence-electron chi connectivity index (χ2n) is 7.21. The molecule has 4 nitrogen and oxygen atoms in total. The average Bonchev–Trinajstić information content (AvgIpc) is 2.97. The number of para-hydroxylation sites is 1. The maximum Gasteiger partial charge on any atom is 0.323 e. The van der Waals surface area contributed by atoms with Crippen LogP contribution >= 0.6 is 12.4 Å². The van der Waals surface area contributed by atoms with Gasteiger partial charge in [-0.05, 0) is 36.3 Å². The Hall–Kier alpha value is -1.52. The number of aromatic nitrogens is 1. The topological polar surface area (TPSA) is 54.3 Å². The van der Waals surface area contributed by atoms with Gasteiger partial charge in [0, 0.05) is 18.8 Å². The van der Waals surface area contributed by atoms with E-state index in [0.29, 0.717) is 6.04 Å². The number of benzene rings is 1. The van der Waals surface area contributed by atoms with Gasteiger partial charge in [0.05, 0.1) is 5.52 Å². The van der Waals surface area contributed by atoms with Crippen LogP contribution < -0.4 is 5.32 Å². The van der Waals surface area contributed by atoms with Gasteiger partial charge in [0.15, 0.2) is 0 Å². The van der Waals surface area contributed by atoms with Crippen molar-refractivity contribution in [2.24, 2.45) is 5.92 Å². The monoisotopic (exact) mass is 364 g/mol. The van der Waals surface area contributed by atoms with E-state index in [1.54, 1.807) is 0 Å². The number of rotatable bonds is 7. The second kappa shape index (κ2) is 9.25. The van der Waals surface area contributed by atoms with E-state index in [9.17, 15) is 4.79 Å². The number of carboxylic acid groups (broad SMARTS) is 1. The molecule has 0 bridgehead atoms. The normalized spacial score (nSPS) is 16.5. The fourth-order valence-electron chi connectivity index (χ4n) is 4.05. The van der Waals surface area contributed by atoms with E-state index in [2.05, 4.69) is 24.4 Å². The number of carboxylic acids is 1. The van der Waals surface area contributed by atoms with E-state index in [-0.39, 0.29) is 19.0 Å². The Labute approximate surface area is 156 Å². The van der Waals surface area contributed by atoms with Crippen LogP contribution in [-0.2, 0) is 17.9 Å². The van der Waals surface area contributed by atoms with Crippen molar-refractivity contribution >= 4 is 29.3 Å². The summed E-state index contributed by atoms with van der Waals surface area (Å²) in [5, 5.41) is 13.9. The van der Waals surface area contributed by atoms with Gasteiger partial charge in [0.25, 0.3) is 0 Å². The third-order valence-electron chi connectivity index (χ3n) is 5.23. The summed E-state index contributed by atoms with van der Waals surface area (Å²) in [5.41, 5.74) is 2.21. The molecule has 2 N–H and O–H groups in total. The molecular weight excluding hydrogens is 336 g/mol. The van der Waals surface area contributed by atoms with Gasteiger partial charge in [-0.25, -0.2) is 0 Å². The summed E-state index contributed by atoms with van der Waals surface area (Å²) < 4.78 is 1.83. The molecule has 138 valence electrons. The lowest BCUT2D eigenvalue weighted by Gasteiger charge is -2.25. The van der Waals surface area contributed by atoms with Crippen LogP contribution in [-0.4, -0.2) is 21.7 Å². The first kappa shape index (κ1) is 19.8. The third-order valence-corrected chi connectivity index (χ3v) is 5.23. The summed E-state index contributed by atoms with van der Waals surface area (Å²) in [5.74, 6) is 0.0637. The Bertz CT molecular complexity index is 692. The molecule has 5 heteroatoms. The molecule has 0 amide bonds. The lowest BCUT2D eigenvalue weighted by atomic mass is 9.85. The molecule has 1 aliphatic rings. The fraction of sp³-hybridized carbons (Fsp3) is 0.550. The number of fused-ring (bicyclic) bond motifs is 1. The van der Waals surface area contributed by atoms with E-state index < -0.39 is 5.97 Å². The molecule has 3 rings (SSSR count). The molecular formula is C20H29ClN2O2. The maximum atomic E-state index is 11.1. The first-order valence-electron chi connectivity index (χ1n) is 9.15. The quantitative estimate of drug-likeness (QED) is 0.755. The molecule has 1 aromatic heterocycles. The van der Waals surface area contributed by atoms with Gasteiger partial charge >= 0.3 is 5.97 Å². The van der Waals surface area contributed by atoms with Crippen molar-refractivity contribution in [3.8, 4) is 0 Å². The molecule has 1 unspecified atom stereocenters. The van der Waals surface area contributed by atoms with Crippen molar-refractivity contribution in [1.82, 2.24) is 9.88 Å². The van der Waals surface area contributed by atoms with Crippen LogP contribution in [0.5, 0.6) is 0 Å². The van der Waals surface area contributed by atoms with Crippen molar-refractivity contribution in [2.45, 2.75) is 64.6 Å². The molecule has 1 atom stereocenters. The van der Waals surface area contributed by atoms with Crippen molar-refractivity contribution < 1.29 is 9.90 Å². The summed E-state index contributed by atoms with van der Waals surface area (Å²) in [6.07, 6.45) is 10.0. The first-order valence-corrected chi connectivity index (χ1v) is 9.15. The zero-order chi connectivity index (χ0) is 16.9. The summed E-state index contributed by atoms with van der Waals surface area (Å²) in [7, 11) is 0. The van der Waals surface area contributed by atoms with Crippen LogP contribution in [0.1, 0.15) is 51.0 Å². The zero-order valence-electron chi connectivity index (χ0n) is 14.9. The van der Waals surface area contributed by atoms with Gasteiger partial charge in [0.1, 0.15) is 6.54 Å². The van der Waals surface area contributed by atoms with E-state index >= 15 is 0 Å². The molecule has 2 aromatic rings. The van der Waals surface area contributed by atoms with Crippen molar-refractivity contribution in [3.05, 3.63) is 36.0 Å². The smallest absolute Gasteiger partial charge is 0.323 e. The highest BCUT2D eigenvalue weighted by atomic mass is 35.5. The molecule has 1 saturated carbocycles. The maximum absolute atomic E-state index is 11.1. The first-order chi connectivity index (χ1) is 11.6. The number of nitrogens with one attached hydrogen (secondary N) is 1. The summed E-state index contributed by atoms with van der Waals surface area (Å²) in [6, 6.07) is 8.68. The lowest BCUT2D eigenvalue weighted by molar-refractivity contribution is -0.137. The highest BCUT2D eigenvalue weighted by molar-refractivity contribution is 5.85. The van der Waals surface area contributed by atoms with Gasteiger partial charge in [-0.3, -0.25) is 4.79 Å². The molecule has 1 heterocycles. The van der Waals surface area contributed by atoms with Crippen LogP contribution in [0.15, 0.2) is 30.5 Å².